The summed E-state index contributed by atoms with van der Waals surface area (Å²) in [5.74, 6) is -0.586. The van der Waals surface area contributed by atoms with E-state index in [1.165, 1.54) is 16.8 Å². The minimum atomic E-state index is -0.306. The lowest BCUT2D eigenvalue weighted by Gasteiger charge is -2.16. The topological polar surface area (TPSA) is 61.8 Å². The predicted molar refractivity (Wildman–Crippen MR) is 121 cm³/mol. The molecule has 148 valence electrons. The highest BCUT2D eigenvalue weighted by molar-refractivity contribution is 8.18. The second-order valence-electron chi connectivity index (χ2n) is 6.59. The van der Waals surface area contributed by atoms with Crippen molar-refractivity contribution >= 4 is 40.5 Å². The third-order valence-electron chi connectivity index (χ3n) is 4.33. The fourth-order valence-corrected chi connectivity index (χ4v) is 3.85. The van der Waals surface area contributed by atoms with Gasteiger partial charge in [-0.05, 0) is 41.1 Å². The van der Waals surface area contributed by atoms with Crippen LogP contribution >= 0.6 is 11.8 Å². The number of carbonyl (C=O) groups is 2. The number of nitrogens with zero attached hydrogens (tertiary/aromatic N) is 2. The van der Waals surface area contributed by atoms with Crippen LogP contribution in [0.1, 0.15) is 11.1 Å². The van der Waals surface area contributed by atoms with E-state index in [9.17, 15) is 9.59 Å². The van der Waals surface area contributed by atoms with Crippen molar-refractivity contribution in [3.63, 3.8) is 0 Å². The number of amidine groups is 1. The maximum Gasteiger partial charge on any atom is 0.285 e. The van der Waals surface area contributed by atoms with Gasteiger partial charge in [0.05, 0.1) is 17.0 Å². The molecule has 30 heavy (non-hydrogen) atoms. The fraction of sp³-hybridized carbons (Fsp3) is 0.0417. The molecule has 5 nitrogen and oxygen atoms in total. The molecule has 1 aliphatic rings. The molecule has 1 fully saturated rings. The number of aliphatic imine (C=N–C) groups is 1. The van der Waals surface area contributed by atoms with Gasteiger partial charge in [-0.2, -0.15) is 5.01 Å². The van der Waals surface area contributed by atoms with Gasteiger partial charge in [0.25, 0.3) is 5.91 Å². The zero-order valence-electron chi connectivity index (χ0n) is 16.1. The summed E-state index contributed by atoms with van der Waals surface area (Å²) in [7, 11) is 0. The van der Waals surface area contributed by atoms with E-state index in [2.05, 4.69) is 10.4 Å². The van der Waals surface area contributed by atoms with Crippen molar-refractivity contribution in [3.05, 3.63) is 107 Å². The second-order valence-corrected chi connectivity index (χ2v) is 7.60. The van der Waals surface area contributed by atoms with Crippen molar-refractivity contribution in [2.24, 2.45) is 4.99 Å². The van der Waals surface area contributed by atoms with Gasteiger partial charge in [-0.15, -0.1) is 0 Å². The molecule has 0 radical (unpaired) electrons. The minimum Gasteiger partial charge on any atom is -0.273 e. The average Bonchev–Trinajstić information content (AvgIpc) is 3.04. The van der Waals surface area contributed by atoms with Crippen molar-refractivity contribution in [1.29, 1.82) is 0 Å². The summed E-state index contributed by atoms with van der Waals surface area (Å²) in [5.41, 5.74) is 5.20. The number of para-hydroxylation sites is 1. The standard InChI is InChI=1S/C24H19N3O2S/c28-22(17-19-12-6-2-7-13-19)26-27-23(29)21(16-18-10-4-1-5-11-18)30-24(27)25-20-14-8-3-9-15-20/h1-16H,17H2,(H,26,28). The normalized spacial score (nSPS) is 16.3. The Balaban J connectivity index is 1.60. The van der Waals surface area contributed by atoms with E-state index in [0.29, 0.717) is 15.8 Å². The van der Waals surface area contributed by atoms with Crippen LogP contribution in [0.2, 0.25) is 0 Å². The van der Waals surface area contributed by atoms with Gasteiger partial charge in [-0.3, -0.25) is 15.0 Å². The number of thioether (sulfide) groups is 1. The molecule has 0 saturated carbocycles. The Morgan fingerprint density at radius 1 is 0.900 bits per heavy atom. The molecule has 0 aliphatic carbocycles. The smallest absolute Gasteiger partial charge is 0.273 e. The van der Waals surface area contributed by atoms with Crippen molar-refractivity contribution in [1.82, 2.24) is 10.4 Å². The number of nitrogens with one attached hydrogen (secondary N) is 1. The van der Waals surface area contributed by atoms with Gasteiger partial charge >= 0.3 is 0 Å². The number of hydrazine groups is 1. The molecule has 1 saturated heterocycles. The zero-order valence-corrected chi connectivity index (χ0v) is 16.9. The summed E-state index contributed by atoms with van der Waals surface area (Å²) in [6.45, 7) is 0. The molecule has 1 N–H and O–H groups in total. The molecule has 0 unspecified atom stereocenters. The minimum absolute atomic E-state index is 0.172. The molecule has 2 amide bonds. The molecule has 1 aliphatic heterocycles. The quantitative estimate of drug-likeness (QED) is 0.624. The molecule has 0 spiro atoms. The summed E-state index contributed by atoms with van der Waals surface area (Å²) >= 11 is 1.24. The number of rotatable bonds is 5. The largest absolute Gasteiger partial charge is 0.285 e. The highest BCUT2D eigenvalue weighted by atomic mass is 32.2. The summed E-state index contributed by atoms with van der Waals surface area (Å²) in [6, 6.07) is 28.3. The number of amides is 2. The SMILES string of the molecule is O=C(Cc1ccccc1)NN1C(=O)C(=Cc2ccccc2)SC1=Nc1ccccc1. The molecular formula is C24H19N3O2S. The van der Waals surface area contributed by atoms with Crippen molar-refractivity contribution in [2.75, 3.05) is 0 Å². The Kier molecular flexibility index (Phi) is 6.06. The van der Waals surface area contributed by atoms with E-state index in [4.69, 9.17) is 0 Å². The van der Waals surface area contributed by atoms with Crippen molar-refractivity contribution in [2.45, 2.75) is 6.42 Å². The van der Waals surface area contributed by atoms with E-state index in [1.807, 2.05) is 91.0 Å². The first kappa shape index (κ1) is 19.7. The third-order valence-corrected chi connectivity index (χ3v) is 5.30. The maximum atomic E-state index is 13.0. The molecule has 0 atom stereocenters. The molecule has 0 aromatic heterocycles. The Morgan fingerprint density at radius 2 is 1.50 bits per heavy atom. The van der Waals surface area contributed by atoms with Crippen LogP contribution in [0.5, 0.6) is 0 Å². The van der Waals surface area contributed by atoms with Crippen LogP contribution in [0.25, 0.3) is 6.08 Å². The number of hydrogen-bond acceptors (Lipinski definition) is 4. The first-order chi connectivity index (χ1) is 14.7. The summed E-state index contributed by atoms with van der Waals surface area (Å²) in [6.07, 6.45) is 1.97. The van der Waals surface area contributed by atoms with Crippen LogP contribution in [0.15, 0.2) is 101 Å². The van der Waals surface area contributed by atoms with Gasteiger partial charge in [0, 0.05) is 0 Å². The van der Waals surface area contributed by atoms with E-state index < -0.39 is 0 Å². The molecule has 1 heterocycles. The van der Waals surface area contributed by atoms with Gasteiger partial charge in [0.15, 0.2) is 5.17 Å². The van der Waals surface area contributed by atoms with Gasteiger partial charge in [-0.25, -0.2) is 4.99 Å². The Bertz CT molecular complexity index is 1100. The van der Waals surface area contributed by atoms with Crippen LogP contribution in [-0.4, -0.2) is 22.0 Å². The summed E-state index contributed by atoms with van der Waals surface area (Å²) in [5, 5.41) is 1.65. The molecular weight excluding hydrogens is 394 g/mol. The molecule has 3 aromatic carbocycles. The molecule has 6 heteroatoms. The van der Waals surface area contributed by atoms with E-state index in [0.717, 1.165) is 11.1 Å². The molecule has 3 aromatic rings. The first-order valence-electron chi connectivity index (χ1n) is 9.45. The van der Waals surface area contributed by atoms with E-state index in [1.54, 1.807) is 6.08 Å². The number of carbonyl (C=O) groups excluding carboxylic acids is 2. The monoisotopic (exact) mass is 413 g/mol. The Morgan fingerprint density at radius 3 is 2.17 bits per heavy atom. The molecule has 4 rings (SSSR count). The fourth-order valence-electron chi connectivity index (χ4n) is 2.91. The van der Waals surface area contributed by atoms with Crippen LogP contribution in [0, 0.1) is 0 Å². The van der Waals surface area contributed by atoms with Gasteiger partial charge in [0.1, 0.15) is 0 Å². The van der Waals surface area contributed by atoms with Crippen molar-refractivity contribution < 1.29 is 9.59 Å². The third kappa shape index (κ3) is 4.85. The lowest BCUT2D eigenvalue weighted by Crippen LogP contribution is -2.46. The summed E-state index contributed by atoms with van der Waals surface area (Å²) < 4.78 is 0. The van der Waals surface area contributed by atoms with Crippen LogP contribution in [0.4, 0.5) is 5.69 Å². The molecule has 0 bridgehead atoms. The highest BCUT2D eigenvalue weighted by Gasteiger charge is 2.35. The number of benzene rings is 3. The van der Waals surface area contributed by atoms with Crippen LogP contribution in [0.3, 0.4) is 0 Å². The Labute approximate surface area is 179 Å². The average molecular weight is 414 g/mol. The van der Waals surface area contributed by atoms with Gasteiger partial charge in [-0.1, -0.05) is 78.9 Å². The van der Waals surface area contributed by atoms with E-state index >= 15 is 0 Å². The lowest BCUT2D eigenvalue weighted by molar-refractivity contribution is -0.132. The van der Waals surface area contributed by atoms with Gasteiger partial charge < -0.3 is 0 Å². The van der Waals surface area contributed by atoms with E-state index in [-0.39, 0.29) is 18.2 Å². The summed E-state index contributed by atoms with van der Waals surface area (Å²) in [4.78, 5) is 30.7. The maximum absolute atomic E-state index is 13.0. The second kappa shape index (κ2) is 9.24. The Hall–Kier alpha value is -3.64. The van der Waals surface area contributed by atoms with Crippen LogP contribution in [-0.2, 0) is 16.0 Å². The lowest BCUT2D eigenvalue weighted by atomic mass is 10.1. The predicted octanol–water partition coefficient (Wildman–Crippen LogP) is 4.56. The zero-order chi connectivity index (χ0) is 20.8. The van der Waals surface area contributed by atoms with Gasteiger partial charge in [0.2, 0.25) is 5.91 Å². The van der Waals surface area contributed by atoms with Crippen LogP contribution < -0.4 is 5.43 Å². The van der Waals surface area contributed by atoms with Crippen molar-refractivity contribution in [3.8, 4) is 0 Å². The number of hydrogen-bond donors (Lipinski definition) is 1. The first-order valence-corrected chi connectivity index (χ1v) is 10.3. The highest BCUT2D eigenvalue weighted by Crippen LogP contribution is 2.33.